The van der Waals surface area contributed by atoms with Crippen LogP contribution in [0.4, 0.5) is 13.2 Å². The summed E-state index contributed by atoms with van der Waals surface area (Å²) in [5.74, 6) is -1.69. The van der Waals surface area contributed by atoms with Crippen LogP contribution in [0.3, 0.4) is 0 Å². The van der Waals surface area contributed by atoms with E-state index in [9.17, 15) is 18.0 Å². The molecule has 0 fully saturated rings. The van der Waals surface area contributed by atoms with E-state index in [0.717, 1.165) is 0 Å². The number of halogens is 4. The van der Waals surface area contributed by atoms with Gasteiger partial charge in [-0.05, 0) is 42.5 Å². The van der Waals surface area contributed by atoms with E-state index in [1.54, 1.807) is 6.92 Å². The van der Waals surface area contributed by atoms with Crippen LogP contribution in [0.1, 0.15) is 23.0 Å². The molecule has 0 aliphatic rings. The molecule has 0 spiro atoms. The van der Waals surface area contributed by atoms with Gasteiger partial charge in [-0.25, -0.2) is 9.78 Å². The molecular formula is C10H9F3INO3. The van der Waals surface area contributed by atoms with E-state index in [0.29, 0.717) is 9.26 Å². The lowest BCUT2D eigenvalue weighted by molar-refractivity contribution is -0.276. The normalized spacial score (nSPS) is 11.2. The van der Waals surface area contributed by atoms with Gasteiger partial charge < -0.3 is 9.47 Å². The molecule has 0 saturated carbocycles. The predicted octanol–water partition coefficient (Wildman–Crippen LogP) is 3.07. The van der Waals surface area contributed by atoms with Gasteiger partial charge in [0.25, 0.3) is 0 Å². The third-order valence-electron chi connectivity index (χ3n) is 1.82. The van der Waals surface area contributed by atoms with Crippen LogP contribution in [-0.4, -0.2) is 23.9 Å². The molecule has 0 amide bonds. The lowest BCUT2D eigenvalue weighted by Gasteiger charge is -2.12. The minimum Gasteiger partial charge on any atom is -0.462 e. The molecular weight excluding hydrogens is 366 g/mol. The summed E-state index contributed by atoms with van der Waals surface area (Å²) in [6.07, 6.45) is -4.91. The fourth-order valence-corrected chi connectivity index (χ4v) is 1.53. The van der Waals surface area contributed by atoms with Crippen LogP contribution in [0.15, 0.2) is 6.07 Å². The van der Waals surface area contributed by atoms with Crippen molar-refractivity contribution < 1.29 is 27.4 Å². The molecule has 4 nitrogen and oxygen atoms in total. The number of nitrogens with zero attached hydrogens (tertiary/aromatic N) is 1. The van der Waals surface area contributed by atoms with Crippen molar-refractivity contribution in [2.75, 3.05) is 6.61 Å². The number of esters is 1. The van der Waals surface area contributed by atoms with Crippen molar-refractivity contribution in [2.24, 2.45) is 0 Å². The molecule has 0 bridgehead atoms. The molecule has 1 aromatic heterocycles. The average molecular weight is 375 g/mol. The van der Waals surface area contributed by atoms with E-state index < -0.39 is 18.2 Å². The van der Waals surface area contributed by atoms with Crippen LogP contribution in [0, 0.1) is 10.5 Å². The Hall–Kier alpha value is -1.06. The first-order chi connectivity index (χ1) is 8.24. The van der Waals surface area contributed by atoms with Crippen LogP contribution in [-0.2, 0) is 4.74 Å². The molecule has 0 atom stereocenters. The van der Waals surface area contributed by atoms with Gasteiger partial charge >= 0.3 is 12.3 Å². The van der Waals surface area contributed by atoms with Crippen molar-refractivity contribution in [3.63, 3.8) is 0 Å². The van der Waals surface area contributed by atoms with E-state index in [1.165, 1.54) is 13.0 Å². The molecule has 0 aliphatic heterocycles. The van der Waals surface area contributed by atoms with Gasteiger partial charge in [-0.2, -0.15) is 0 Å². The van der Waals surface area contributed by atoms with Gasteiger partial charge in [-0.3, -0.25) is 0 Å². The van der Waals surface area contributed by atoms with E-state index in [-0.39, 0.29) is 12.2 Å². The quantitative estimate of drug-likeness (QED) is 0.602. The number of hydrogen-bond donors (Lipinski definition) is 0. The molecule has 0 aromatic carbocycles. The Morgan fingerprint density at radius 2 is 2.11 bits per heavy atom. The van der Waals surface area contributed by atoms with Gasteiger partial charge in [-0.15, -0.1) is 13.2 Å². The Labute approximate surface area is 115 Å². The second-order valence-electron chi connectivity index (χ2n) is 3.18. The van der Waals surface area contributed by atoms with Crippen molar-refractivity contribution in [3.05, 3.63) is 20.9 Å². The number of pyridine rings is 1. The number of hydrogen-bond acceptors (Lipinski definition) is 4. The zero-order chi connectivity index (χ0) is 13.9. The maximum Gasteiger partial charge on any atom is 0.574 e. The summed E-state index contributed by atoms with van der Waals surface area (Å²) < 4.78 is 45.5. The third-order valence-corrected chi connectivity index (χ3v) is 2.92. The molecule has 18 heavy (non-hydrogen) atoms. The highest BCUT2D eigenvalue weighted by Gasteiger charge is 2.34. The standard InChI is InChI=1S/C10H9F3INO3/c1-3-17-9(16)6-4-7(14)5(2)15-8(6)18-10(11,12)13/h4H,3H2,1-2H3. The number of rotatable bonds is 3. The molecule has 1 heterocycles. The van der Waals surface area contributed by atoms with Gasteiger partial charge in [0.05, 0.1) is 12.3 Å². The summed E-state index contributed by atoms with van der Waals surface area (Å²) in [6.45, 7) is 3.11. The molecule has 0 saturated heterocycles. The van der Waals surface area contributed by atoms with Crippen LogP contribution in [0.2, 0.25) is 0 Å². The first kappa shape index (κ1) is 15.0. The lowest BCUT2D eigenvalue weighted by Crippen LogP contribution is -2.21. The van der Waals surface area contributed by atoms with Crippen molar-refractivity contribution in [1.82, 2.24) is 4.98 Å². The molecule has 0 unspecified atom stereocenters. The van der Waals surface area contributed by atoms with Gasteiger partial charge in [-0.1, -0.05) is 0 Å². The Kier molecular flexibility index (Phi) is 4.77. The number of carbonyl (C=O) groups excluding carboxylic acids is 1. The third kappa shape index (κ3) is 4.00. The fraction of sp³-hybridized carbons (Fsp3) is 0.400. The van der Waals surface area contributed by atoms with Crippen LogP contribution in [0.5, 0.6) is 5.88 Å². The smallest absolute Gasteiger partial charge is 0.462 e. The van der Waals surface area contributed by atoms with E-state index in [2.05, 4.69) is 14.5 Å². The average Bonchev–Trinajstić information content (AvgIpc) is 2.21. The van der Waals surface area contributed by atoms with Crippen molar-refractivity contribution in [2.45, 2.75) is 20.2 Å². The van der Waals surface area contributed by atoms with Crippen molar-refractivity contribution in [3.8, 4) is 5.88 Å². The number of carbonyl (C=O) groups is 1. The second kappa shape index (κ2) is 5.72. The van der Waals surface area contributed by atoms with Gasteiger partial charge in [0, 0.05) is 3.57 Å². The zero-order valence-electron chi connectivity index (χ0n) is 9.47. The molecule has 8 heteroatoms. The Balaban J connectivity index is 3.21. The summed E-state index contributed by atoms with van der Waals surface area (Å²) >= 11 is 1.86. The van der Waals surface area contributed by atoms with Crippen molar-refractivity contribution >= 4 is 28.6 Å². The molecule has 1 rings (SSSR count). The van der Waals surface area contributed by atoms with E-state index in [1.807, 2.05) is 22.6 Å². The number of ether oxygens (including phenoxy) is 2. The SMILES string of the molecule is CCOC(=O)c1cc(I)c(C)nc1OC(F)(F)F. The first-order valence-electron chi connectivity index (χ1n) is 4.84. The number of alkyl halides is 3. The highest BCUT2D eigenvalue weighted by Crippen LogP contribution is 2.27. The molecule has 0 N–H and O–H groups in total. The number of aryl methyl sites for hydroxylation is 1. The van der Waals surface area contributed by atoms with E-state index >= 15 is 0 Å². The van der Waals surface area contributed by atoms with E-state index in [4.69, 9.17) is 0 Å². The lowest BCUT2D eigenvalue weighted by atomic mass is 10.2. The molecule has 0 radical (unpaired) electrons. The Morgan fingerprint density at radius 3 is 2.61 bits per heavy atom. The largest absolute Gasteiger partial charge is 0.574 e. The van der Waals surface area contributed by atoms with Crippen molar-refractivity contribution in [1.29, 1.82) is 0 Å². The highest BCUT2D eigenvalue weighted by molar-refractivity contribution is 14.1. The summed E-state index contributed by atoms with van der Waals surface area (Å²) in [5.41, 5.74) is -0.00734. The van der Waals surface area contributed by atoms with Crippen LogP contribution < -0.4 is 4.74 Å². The predicted molar refractivity (Wildman–Crippen MR) is 64.3 cm³/mol. The summed E-state index contributed by atoms with van der Waals surface area (Å²) in [5, 5.41) is 0. The molecule has 100 valence electrons. The second-order valence-corrected chi connectivity index (χ2v) is 4.34. The Bertz CT molecular complexity index is 462. The van der Waals surface area contributed by atoms with Gasteiger partial charge in [0.1, 0.15) is 5.56 Å². The van der Waals surface area contributed by atoms with Crippen LogP contribution >= 0.6 is 22.6 Å². The summed E-state index contributed by atoms with van der Waals surface area (Å²) in [6, 6.07) is 1.25. The summed E-state index contributed by atoms with van der Waals surface area (Å²) in [7, 11) is 0. The topological polar surface area (TPSA) is 48.4 Å². The minimum atomic E-state index is -4.91. The highest BCUT2D eigenvalue weighted by atomic mass is 127. The monoisotopic (exact) mass is 375 g/mol. The maximum absolute atomic E-state index is 12.2. The molecule has 1 aromatic rings. The Morgan fingerprint density at radius 1 is 1.50 bits per heavy atom. The van der Waals surface area contributed by atoms with Gasteiger partial charge in [0.2, 0.25) is 5.88 Å². The summed E-state index contributed by atoms with van der Waals surface area (Å²) in [4.78, 5) is 15.1. The number of aromatic nitrogens is 1. The first-order valence-corrected chi connectivity index (χ1v) is 5.92. The minimum absolute atomic E-state index is 0.0503. The maximum atomic E-state index is 12.2. The van der Waals surface area contributed by atoms with Crippen LogP contribution in [0.25, 0.3) is 0 Å². The molecule has 0 aliphatic carbocycles. The zero-order valence-corrected chi connectivity index (χ0v) is 11.6. The fourth-order valence-electron chi connectivity index (χ4n) is 1.10. The van der Waals surface area contributed by atoms with Gasteiger partial charge in [0.15, 0.2) is 0 Å².